The summed E-state index contributed by atoms with van der Waals surface area (Å²) in [7, 11) is 0. The van der Waals surface area contributed by atoms with Crippen LogP contribution in [-0.2, 0) is 6.42 Å². The van der Waals surface area contributed by atoms with Crippen molar-refractivity contribution in [3.63, 3.8) is 0 Å². The van der Waals surface area contributed by atoms with Crippen molar-refractivity contribution in [2.75, 3.05) is 6.54 Å². The van der Waals surface area contributed by atoms with E-state index in [9.17, 15) is 0 Å². The van der Waals surface area contributed by atoms with Gasteiger partial charge < -0.3 is 5.32 Å². The van der Waals surface area contributed by atoms with Crippen LogP contribution in [0.2, 0.25) is 5.02 Å². The van der Waals surface area contributed by atoms with Gasteiger partial charge in [0.15, 0.2) is 0 Å². The van der Waals surface area contributed by atoms with Gasteiger partial charge in [0.2, 0.25) is 0 Å². The summed E-state index contributed by atoms with van der Waals surface area (Å²) < 4.78 is 1.03. The van der Waals surface area contributed by atoms with Gasteiger partial charge in [0.1, 0.15) is 0 Å². The number of benzene rings is 1. The summed E-state index contributed by atoms with van der Waals surface area (Å²) >= 11 is 11.6. The Morgan fingerprint density at radius 1 is 1.35 bits per heavy atom. The van der Waals surface area contributed by atoms with E-state index in [1.165, 1.54) is 11.1 Å². The number of hydrogen-bond acceptors (Lipinski definition) is 2. The Balaban J connectivity index is 2.09. The van der Waals surface area contributed by atoms with Crippen LogP contribution >= 0.6 is 38.9 Å². The maximum absolute atomic E-state index is 6.40. The molecule has 2 rings (SSSR count). The van der Waals surface area contributed by atoms with Crippen LogP contribution in [0.25, 0.3) is 0 Å². The van der Waals surface area contributed by atoms with Gasteiger partial charge in [0.25, 0.3) is 0 Å². The Kier molecular flexibility index (Phi) is 6.56. The van der Waals surface area contributed by atoms with Crippen molar-refractivity contribution in [1.82, 2.24) is 5.32 Å². The first-order valence-electron chi connectivity index (χ1n) is 6.90. The molecule has 0 fully saturated rings. The van der Waals surface area contributed by atoms with E-state index in [1.54, 1.807) is 11.3 Å². The number of aryl methyl sites for hydroxylation is 1. The zero-order valence-corrected chi connectivity index (χ0v) is 14.7. The molecule has 1 aromatic heterocycles. The molecule has 20 heavy (non-hydrogen) atoms. The van der Waals surface area contributed by atoms with Crippen molar-refractivity contribution in [1.29, 1.82) is 0 Å². The van der Waals surface area contributed by atoms with E-state index in [-0.39, 0.29) is 0 Å². The number of halogens is 2. The zero-order chi connectivity index (χ0) is 14.4. The average Bonchev–Trinajstić information content (AvgIpc) is 2.93. The van der Waals surface area contributed by atoms with Gasteiger partial charge in [0.05, 0.1) is 0 Å². The Hall–Kier alpha value is -0.350. The van der Waals surface area contributed by atoms with Crippen molar-refractivity contribution in [3.05, 3.63) is 55.6 Å². The lowest BCUT2D eigenvalue weighted by atomic mass is 10.00. The van der Waals surface area contributed by atoms with Gasteiger partial charge in [0, 0.05) is 15.5 Å². The average molecular weight is 373 g/mol. The summed E-state index contributed by atoms with van der Waals surface area (Å²) in [5, 5.41) is 8.80. The quantitative estimate of drug-likeness (QED) is 0.644. The molecule has 1 atom stereocenters. The highest BCUT2D eigenvalue weighted by molar-refractivity contribution is 9.10. The fourth-order valence-electron chi connectivity index (χ4n) is 2.22. The molecule has 0 saturated heterocycles. The van der Waals surface area contributed by atoms with Crippen LogP contribution in [0.1, 0.15) is 36.9 Å². The topological polar surface area (TPSA) is 12.0 Å². The number of rotatable bonds is 7. The van der Waals surface area contributed by atoms with Gasteiger partial charge in [-0.05, 0) is 65.9 Å². The van der Waals surface area contributed by atoms with Gasteiger partial charge >= 0.3 is 0 Å². The number of hydrogen-bond donors (Lipinski definition) is 1. The minimum absolute atomic E-state index is 0.315. The van der Waals surface area contributed by atoms with Gasteiger partial charge in [-0.1, -0.05) is 40.5 Å². The molecule has 108 valence electrons. The molecule has 0 aliphatic carbocycles. The summed E-state index contributed by atoms with van der Waals surface area (Å²) in [6.07, 6.45) is 3.28. The monoisotopic (exact) mass is 371 g/mol. The smallest absolute Gasteiger partial charge is 0.0465 e. The lowest BCUT2D eigenvalue weighted by Gasteiger charge is -2.20. The molecule has 0 amide bonds. The van der Waals surface area contributed by atoms with Crippen LogP contribution < -0.4 is 5.32 Å². The molecule has 1 heterocycles. The summed E-state index contributed by atoms with van der Waals surface area (Å²) in [6.45, 7) is 3.20. The van der Waals surface area contributed by atoms with E-state index < -0.39 is 0 Å². The summed E-state index contributed by atoms with van der Waals surface area (Å²) in [5.74, 6) is 0. The Labute approximate surface area is 138 Å². The highest BCUT2D eigenvalue weighted by Crippen LogP contribution is 2.29. The SMILES string of the molecule is CCCNC(CCc1ccsc1)c1ccc(Br)cc1Cl. The molecule has 1 aromatic carbocycles. The predicted molar refractivity (Wildman–Crippen MR) is 92.8 cm³/mol. The maximum atomic E-state index is 6.40. The van der Waals surface area contributed by atoms with Gasteiger partial charge in [-0.25, -0.2) is 0 Å². The predicted octanol–water partition coefficient (Wildman–Crippen LogP) is 5.84. The van der Waals surface area contributed by atoms with E-state index in [0.29, 0.717) is 6.04 Å². The highest BCUT2D eigenvalue weighted by Gasteiger charge is 2.14. The van der Waals surface area contributed by atoms with Crippen LogP contribution in [0.5, 0.6) is 0 Å². The standard InChI is InChI=1S/C16H19BrClNS/c1-2-8-19-16(6-3-12-7-9-20-11-12)14-5-4-13(17)10-15(14)18/h4-5,7,9-11,16,19H,2-3,6,8H2,1H3. The second kappa shape index (κ2) is 8.18. The van der Waals surface area contributed by atoms with E-state index in [2.05, 4.69) is 57.1 Å². The molecule has 1 unspecified atom stereocenters. The molecular formula is C16H19BrClNS. The molecule has 1 nitrogen and oxygen atoms in total. The summed E-state index contributed by atoms with van der Waals surface area (Å²) in [6, 6.07) is 8.67. The van der Waals surface area contributed by atoms with Crippen LogP contribution in [-0.4, -0.2) is 6.54 Å². The normalized spacial score (nSPS) is 12.6. The van der Waals surface area contributed by atoms with E-state index in [4.69, 9.17) is 11.6 Å². The Morgan fingerprint density at radius 3 is 2.85 bits per heavy atom. The van der Waals surface area contributed by atoms with Crippen LogP contribution in [0.4, 0.5) is 0 Å². The fraction of sp³-hybridized carbons (Fsp3) is 0.375. The molecular weight excluding hydrogens is 354 g/mol. The molecule has 0 aliphatic rings. The minimum Gasteiger partial charge on any atom is -0.310 e. The second-order valence-electron chi connectivity index (χ2n) is 4.84. The first-order valence-corrected chi connectivity index (χ1v) is 9.01. The zero-order valence-electron chi connectivity index (χ0n) is 11.5. The third-order valence-corrected chi connectivity index (χ3v) is 4.83. The van der Waals surface area contributed by atoms with E-state index in [0.717, 1.165) is 35.3 Å². The summed E-state index contributed by atoms with van der Waals surface area (Å²) in [5.41, 5.74) is 2.60. The van der Waals surface area contributed by atoms with Gasteiger partial charge in [-0.2, -0.15) is 11.3 Å². The second-order valence-corrected chi connectivity index (χ2v) is 6.95. The Bertz CT molecular complexity index is 527. The van der Waals surface area contributed by atoms with E-state index in [1.807, 2.05) is 6.07 Å². The van der Waals surface area contributed by atoms with Gasteiger partial charge in [-0.3, -0.25) is 0 Å². The summed E-state index contributed by atoms with van der Waals surface area (Å²) in [4.78, 5) is 0. The maximum Gasteiger partial charge on any atom is 0.0465 e. The van der Waals surface area contributed by atoms with Crippen molar-refractivity contribution in [2.45, 2.75) is 32.2 Å². The largest absolute Gasteiger partial charge is 0.310 e. The van der Waals surface area contributed by atoms with Crippen LogP contribution in [0.3, 0.4) is 0 Å². The highest BCUT2D eigenvalue weighted by atomic mass is 79.9. The molecule has 2 aromatic rings. The fourth-order valence-corrected chi connectivity index (χ4v) is 3.72. The molecule has 0 radical (unpaired) electrons. The number of nitrogens with one attached hydrogen (secondary N) is 1. The lowest BCUT2D eigenvalue weighted by molar-refractivity contribution is 0.499. The third kappa shape index (κ3) is 4.59. The molecule has 4 heteroatoms. The van der Waals surface area contributed by atoms with Crippen LogP contribution in [0, 0.1) is 0 Å². The third-order valence-electron chi connectivity index (χ3n) is 3.28. The van der Waals surface area contributed by atoms with Crippen molar-refractivity contribution in [3.8, 4) is 0 Å². The van der Waals surface area contributed by atoms with Crippen molar-refractivity contribution >= 4 is 38.9 Å². The van der Waals surface area contributed by atoms with Gasteiger partial charge in [-0.15, -0.1) is 0 Å². The van der Waals surface area contributed by atoms with Crippen molar-refractivity contribution in [2.24, 2.45) is 0 Å². The minimum atomic E-state index is 0.315. The molecule has 1 N–H and O–H groups in total. The number of thiophene rings is 1. The van der Waals surface area contributed by atoms with Crippen LogP contribution in [0.15, 0.2) is 39.5 Å². The van der Waals surface area contributed by atoms with Crippen molar-refractivity contribution < 1.29 is 0 Å². The van der Waals surface area contributed by atoms with E-state index >= 15 is 0 Å². The first-order chi connectivity index (χ1) is 9.70. The molecule has 0 aliphatic heterocycles. The molecule has 0 bridgehead atoms. The molecule has 0 spiro atoms. The first kappa shape index (κ1) is 16.0. The lowest BCUT2D eigenvalue weighted by Crippen LogP contribution is -2.23. The molecule has 0 saturated carbocycles. The Morgan fingerprint density at radius 2 is 2.20 bits per heavy atom.